The van der Waals surface area contributed by atoms with Crippen LogP contribution in [-0.2, 0) is 0 Å². The van der Waals surface area contributed by atoms with Crippen molar-refractivity contribution in [2.75, 3.05) is 0 Å². The van der Waals surface area contributed by atoms with Crippen LogP contribution in [0.25, 0.3) is 22.7 Å². The van der Waals surface area contributed by atoms with Gasteiger partial charge < -0.3 is 4.98 Å². The minimum absolute atomic E-state index is 0.559. The summed E-state index contributed by atoms with van der Waals surface area (Å²) in [5.74, 6) is 0.628. The third-order valence-electron chi connectivity index (χ3n) is 3.52. The molecule has 0 aliphatic heterocycles. The van der Waals surface area contributed by atoms with Crippen LogP contribution in [0.2, 0.25) is 0 Å². The second-order valence-electron chi connectivity index (χ2n) is 5.16. The Morgan fingerprint density at radius 2 is 2.00 bits per heavy atom. The molecular weight excluding hydrogens is 278 g/mol. The normalized spacial score (nSPS) is 11.8. The third kappa shape index (κ3) is 2.61. The van der Waals surface area contributed by atoms with E-state index in [0.29, 0.717) is 11.4 Å². The van der Waals surface area contributed by atoms with Crippen molar-refractivity contribution in [1.29, 1.82) is 5.26 Å². The molecular formula is C17H15N3S. The van der Waals surface area contributed by atoms with Crippen LogP contribution in [0.4, 0.5) is 0 Å². The maximum Gasteiger partial charge on any atom is 0.149 e. The van der Waals surface area contributed by atoms with E-state index in [1.54, 1.807) is 11.3 Å². The second kappa shape index (κ2) is 5.19. The number of hydrogen-bond donors (Lipinski definition) is 1. The van der Waals surface area contributed by atoms with Crippen molar-refractivity contribution in [3.63, 3.8) is 0 Å². The maximum atomic E-state index is 9.41. The molecule has 21 heavy (non-hydrogen) atoms. The molecule has 0 aliphatic carbocycles. The molecule has 0 aliphatic rings. The van der Waals surface area contributed by atoms with Crippen LogP contribution in [0.1, 0.15) is 26.7 Å². The first-order valence-corrected chi connectivity index (χ1v) is 7.54. The van der Waals surface area contributed by atoms with Crippen LogP contribution in [0.3, 0.4) is 0 Å². The largest absolute Gasteiger partial charge is 0.337 e. The highest BCUT2D eigenvalue weighted by molar-refractivity contribution is 7.12. The van der Waals surface area contributed by atoms with Gasteiger partial charge in [0.2, 0.25) is 0 Å². The number of fused-ring (bicyclic) bond motifs is 1. The molecule has 0 saturated heterocycles. The van der Waals surface area contributed by atoms with Gasteiger partial charge in [0.1, 0.15) is 11.9 Å². The lowest BCUT2D eigenvalue weighted by Gasteiger charge is -1.97. The van der Waals surface area contributed by atoms with Gasteiger partial charge in [-0.2, -0.15) is 5.26 Å². The lowest BCUT2D eigenvalue weighted by molar-refractivity contribution is 1.27. The zero-order valence-corrected chi connectivity index (χ0v) is 13.0. The number of benzene rings is 1. The lowest BCUT2D eigenvalue weighted by Crippen LogP contribution is -1.83. The summed E-state index contributed by atoms with van der Waals surface area (Å²) in [6.45, 7) is 6.20. The van der Waals surface area contributed by atoms with Gasteiger partial charge in [0.05, 0.1) is 16.6 Å². The molecule has 0 bridgehead atoms. The number of allylic oxidation sites excluding steroid dienone is 1. The van der Waals surface area contributed by atoms with Crippen molar-refractivity contribution in [3.8, 4) is 6.07 Å². The summed E-state index contributed by atoms with van der Waals surface area (Å²) < 4.78 is 0. The molecule has 0 unspecified atom stereocenters. The summed E-state index contributed by atoms with van der Waals surface area (Å²) in [4.78, 5) is 10.1. The molecule has 0 radical (unpaired) electrons. The van der Waals surface area contributed by atoms with E-state index in [1.807, 2.05) is 12.1 Å². The van der Waals surface area contributed by atoms with E-state index < -0.39 is 0 Å². The highest BCUT2D eigenvalue weighted by atomic mass is 32.1. The topological polar surface area (TPSA) is 52.5 Å². The highest BCUT2D eigenvalue weighted by Gasteiger charge is 2.09. The highest BCUT2D eigenvalue weighted by Crippen LogP contribution is 2.24. The van der Waals surface area contributed by atoms with Gasteiger partial charge in [-0.15, -0.1) is 11.3 Å². The first kappa shape index (κ1) is 13.6. The Hall–Kier alpha value is -2.38. The van der Waals surface area contributed by atoms with E-state index in [-0.39, 0.29) is 0 Å². The number of aromatic nitrogens is 2. The van der Waals surface area contributed by atoms with Crippen LogP contribution < -0.4 is 0 Å². The molecule has 4 heteroatoms. The Labute approximate surface area is 127 Å². The van der Waals surface area contributed by atoms with Gasteiger partial charge in [-0.1, -0.05) is 0 Å². The van der Waals surface area contributed by atoms with Crippen LogP contribution in [0.5, 0.6) is 0 Å². The number of nitrogens with zero attached hydrogens (tertiary/aromatic N) is 2. The first-order valence-electron chi connectivity index (χ1n) is 6.72. The van der Waals surface area contributed by atoms with Gasteiger partial charge in [0.15, 0.2) is 0 Å². The molecule has 0 atom stereocenters. The van der Waals surface area contributed by atoms with Crippen LogP contribution in [0, 0.1) is 32.1 Å². The number of nitriles is 1. The quantitative estimate of drug-likeness (QED) is 0.701. The molecule has 104 valence electrons. The molecule has 0 saturated carbocycles. The monoisotopic (exact) mass is 293 g/mol. The molecule has 3 aromatic rings. The second-order valence-corrected chi connectivity index (χ2v) is 6.48. The molecule has 2 heterocycles. The molecule has 0 spiro atoms. The minimum atomic E-state index is 0.559. The number of aromatic amines is 1. The fourth-order valence-electron chi connectivity index (χ4n) is 2.22. The average Bonchev–Trinajstić information content (AvgIpc) is 3.03. The number of rotatable bonds is 2. The molecule has 0 amide bonds. The first-order chi connectivity index (χ1) is 10.1. The minimum Gasteiger partial charge on any atom is -0.337 e. The predicted molar refractivity (Wildman–Crippen MR) is 88.1 cm³/mol. The molecule has 1 aromatic carbocycles. The van der Waals surface area contributed by atoms with Crippen molar-refractivity contribution in [2.24, 2.45) is 0 Å². The molecule has 3 nitrogen and oxygen atoms in total. The summed E-state index contributed by atoms with van der Waals surface area (Å²) in [6.07, 6.45) is 1.88. The number of nitrogens with one attached hydrogen (secondary N) is 1. The van der Waals surface area contributed by atoms with Crippen molar-refractivity contribution < 1.29 is 0 Å². The SMILES string of the molecule is Cc1ccc(/C=C(\C#N)c2nc3cc(C)c(C)cc3[nH]2)s1. The van der Waals surface area contributed by atoms with Gasteiger partial charge in [-0.3, -0.25) is 0 Å². The number of thiophene rings is 1. The average molecular weight is 293 g/mol. The summed E-state index contributed by atoms with van der Waals surface area (Å²) in [7, 11) is 0. The van der Waals surface area contributed by atoms with Gasteiger partial charge in [0.25, 0.3) is 0 Å². The van der Waals surface area contributed by atoms with Crippen molar-refractivity contribution in [1.82, 2.24) is 9.97 Å². The number of imidazole rings is 1. The Bertz CT molecular complexity index is 852. The standard InChI is InChI=1S/C17H15N3S/c1-10-6-15-16(7-11(10)2)20-17(19-15)13(9-18)8-14-5-4-12(3)21-14/h4-8H,1-3H3,(H,19,20)/b13-8+. The Morgan fingerprint density at radius 3 is 2.67 bits per heavy atom. The Kier molecular flexibility index (Phi) is 3.36. The van der Waals surface area contributed by atoms with Gasteiger partial charge in [-0.25, -0.2) is 4.98 Å². The van der Waals surface area contributed by atoms with Crippen molar-refractivity contribution >= 4 is 34.0 Å². The summed E-state index contributed by atoms with van der Waals surface area (Å²) in [5.41, 5.74) is 4.85. The zero-order chi connectivity index (χ0) is 15.0. The zero-order valence-electron chi connectivity index (χ0n) is 12.2. The molecule has 0 fully saturated rings. The fourth-order valence-corrected chi connectivity index (χ4v) is 3.04. The van der Waals surface area contributed by atoms with Gasteiger partial charge >= 0.3 is 0 Å². The van der Waals surface area contributed by atoms with Crippen LogP contribution in [-0.4, -0.2) is 9.97 Å². The van der Waals surface area contributed by atoms with Crippen LogP contribution in [0.15, 0.2) is 24.3 Å². The van der Waals surface area contributed by atoms with Crippen LogP contribution >= 0.6 is 11.3 Å². The van der Waals surface area contributed by atoms with Gasteiger partial charge in [0, 0.05) is 9.75 Å². The molecule has 1 N–H and O–H groups in total. The number of hydrogen-bond acceptors (Lipinski definition) is 3. The summed E-state index contributed by atoms with van der Waals surface area (Å²) >= 11 is 1.67. The van der Waals surface area contributed by atoms with E-state index in [4.69, 9.17) is 0 Å². The van der Waals surface area contributed by atoms with Crippen molar-refractivity contribution in [3.05, 3.63) is 51.0 Å². The summed E-state index contributed by atoms with van der Waals surface area (Å²) in [5, 5.41) is 9.41. The fraction of sp³-hybridized carbons (Fsp3) is 0.176. The van der Waals surface area contributed by atoms with E-state index in [9.17, 15) is 5.26 Å². The van der Waals surface area contributed by atoms with Gasteiger partial charge in [-0.05, 0) is 62.2 Å². The summed E-state index contributed by atoms with van der Waals surface area (Å²) in [6, 6.07) is 10.4. The van der Waals surface area contributed by atoms with E-state index in [0.717, 1.165) is 15.9 Å². The Morgan fingerprint density at radius 1 is 1.24 bits per heavy atom. The Balaban J connectivity index is 2.09. The van der Waals surface area contributed by atoms with E-state index in [1.165, 1.54) is 16.0 Å². The predicted octanol–water partition coefficient (Wildman–Crippen LogP) is 4.61. The molecule has 2 aromatic heterocycles. The van der Waals surface area contributed by atoms with Crippen molar-refractivity contribution in [2.45, 2.75) is 20.8 Å². The number of aryl methyl sites for hydroxylation is 3. The smallest absolute Gasteiger partial charge is 0.149 e. The molecule has 3 rings (SSSR count). The lowest BCUT2D eigenvalue weighted by atomic mass is 10.1. The van der Waals surface area contributed by atoms with E-state index in [2.05, 4.69) is 55.0 Å². The van der Waals surface area contributed by atoms with E-state index >= 15 is 0 Å². The number of H-pyrrole nitrogens is 1. The third-order valence-corrected chi connectivity index (χ3v) is 4.47. The maximum absolute atomic E-state index is 9.41.